The Labute approximate surface area is 144 Å². The van der Waals surface area contributed by atoms with Crippen LogP contribution < -0.4 is 4.90 Å². The van der Waals surface area contributed by atoms with E-state index in [0.717, 1.165) is 11.1 Å². The highest BCUT2D eigenvalue weighted by molar-refractivity contribution is 6.36. The minimum atomic E-state index is -0.361. The molecule has 0 N–H and O–H groups in total. The van der Waals surface area contributed by atoms with Gasteiger partial charge in [0.25, 0.3) is 0 Å². The van der Waals surface area contributed by atoms with E-state index in [-0.39, 0.29) is 24.2 Å². The normalized spacial score (nSPS) is 17.9. The molecule has 1 unspecified atom stereocenters. The topological polar surface area (TPSA) is 37.4 Å². The van der Waals surface area contributed by atoms with Crippen molar-refractivity contribution < 1.29 is 9.59 Å². The van der Waals surface area contributed by atoms with Gasteiger partial charge in [-0.05, 0) is 42.7 Å². The first-order chi connectivity index (χ1) is 11.0. The Morgan fingerprint density at radius 2 is 1.78 bits per heavy atom. The molecule has 5 heteroatoms. The molecule has 118 valence electrons. The summed E-state index contributed by atoms with van der Waals surface area (Å²) in [5, 5.41) is 1.09. The van der Waals surface area contributed by atoms with E-state index in [2.05, 4.69) is 0 Å². The summed E-state index contributed by atoms with van der Waals surface area (Å²) in [5.74, 6) is -0.765. The van der Waals surface area contributed by atoms with Gasteiger partial charge in [-0.25, -0.2) is 4.90 Å². The summed E-state index contributed by atoms with van der Waals surface area (Å²) in [6.45, 7) is 1.85. The second-order valence-electron chi connectivity index (χ2n) is 5.71. The average Bonchev–Trinajstić information content (AvgIpc) is 2.79. The molecule has 3 nitrogen and oxygen atoms in total. The molecule has 1 aliphatic heterocycles. The van der Waals surface area contributed by atoms with Gasteiger partial charge in [0, 0.05) is 11.4 Å². The molecule has 23 heavy (non-hydrogen) atoms. The Morgan fingerprint density at radius 1 is 1.09 bits per heavy atom. The van der Waals surface area contributed by atoms with Crippen LogP contribution in [0.3, 0.4) is 0 Å². The Morgan fingerprint density at radius 3 is 2.48 bits per heavy atom. The van der Waals surface area contributed by atoms with E-state index in [4.69, 9.17) is 23.2 Å². The number of carbonyl (C=O) groups is 2. The Balaban J connectivity index is 1.85. The van der Waals surface area contributed by atoms with E-state index in [0.29, 0.717) is 22.2 Å². The summed E-state index contributed by atoms with van der Waals surface area (Å²) in [4.78, 5) is 26.2. The highest BCUT2D eigenvalue weighted by Crippen LogP contribution is 2.35. The highest BCUT2D eigenvalue weighted by Gasteiger charge is 2.40. The third-order valence-corrected chi connectivity index (χ3v) is 4.79. The SMILES string of the molecule is Cc1cccc(N2C(=O)CC(Cc3ccc(Cl)cc3)C2=O)c1Cl. The van der Waals surface area contributed by atoms with Crippen molar-refractivity contribution in [3.05, 3.63) is 63.6 Å². The van der Waals surface area contributed by atoms with E-state index in [1.165, 1.54) is 4.90 Å². The minimum absolute atomic E-state index is 0.197. The molecule has 1 heterocycles. The highest BCUT2D eigenvalue weighted by atomic mass is 35.5. The molecule has 0 bridgehead atoms. The van der Waals surface area contributed by atoms with Gasteiger partial charge in [0.15, 0.2) is 0 Å². The Bertz CT molecular complexity index is 771. The van der Waals surface area contributed by atoms with Gasteiger partial charge < -0.3 is 0 Å². The van der Waals surface area contributed by atoms with Crippen LogP contribution in [0.25, 0.3) is 0 Å². The van der Waals surface area contributed by atoms with Gasteiger partial charge >= 0.3 is 0 Å². The van der Waals surface area contributed by atoms with Crippen molar-refractivity contribution in [2.75, 3.05) is 4.90 Å². The van der Waals surface area contributed by atoms with Crippen molar-refractivity contribution in [3.63, 3.8) is 0 Å². The number of rotatable bonds is 3. The van der Waals surface area contributed by atoms with E-state index in [1.807, 2.05) is 25.1 Å². The third-order valence-electron chi connectivity index (χ3n) is 4.05. The molecule has 2 aromatic rings. The molecular weight excluding hydrogens is 333 g/mol. The lowest BCUT2D eigenvalue weighted by atomic mass is 9.98. The van der Waals surface area contributed by atoms with Crippen LogP contribution in [0, 0.1) is 12.8 Å². The monoisotopic (exact) mass is 347 g/mol. The van der Waals surface area contributed by atoms with Crippen LogP contribution in [0.4, 0.5) is 5.69 Å². The summed E-state index contributed by atoms with van der Waals surface area (Å²) in [5.41, 5.74) is 2.30. The molecule has 0 aromatic heterocycles. The lowest BCUT2D eigenvalue weighted by Gasteiger charge is -2.17. The summed E-state index contributed by atoms with van der Waals surface area (Å²) >= 11 is 12.1. The predicted molar refractivity (Wildman–Crippen MR) is 91.9 cm³/mol. The van der Waals surface area contributed by atoms with Gasteiger partial charge in [0.05, 0.1) is 16.6 Å². The molecule has 1 saturated heterocycles. The van der Waals surface area contributed by atoms with Crippen molar-refractivity contribution in [3.8, 4) is 0 Å². The van der Waals surface area contributed by atoms with Crippen molar-refractivity contribution in [2.45, 2.75) is 19.8 Å². The van der Waals surface area contributed by atoms with Gasteiger partial charge in [-0.15, -0.1) is 0 Å². The van der Waals surface area contributed by atoms with Crippen molar-refractivity contribution in [1.82, 2.24) is 0 Å². The fraction of sp³-hybridized carbons (Fsp3) is 0.222. The fourth-order valence-corrected chi connectivity index (χ4v) is 3.15. The maximum Gasteiger partial charge on any atom is 0.237 e. The molecule has 1 atom stereocenters. The van der Waals surface area contributed by atoms with Crippen LogP contribution in [0.1, 0.15) is 17.5 Å². The molecule has 1 fully saturated rings. The van der Waals surface area contributed by atoms with Gasteiger partial charge in [-0.2, -0.15) is 0 Å². The fourth-order valence-electron chi connectivity index (χ4n) is 2.82. The second-order valence-corrected chi connectivity index (χ2v) is 6.52. The van der Waals surface area contributed by atoms with E-state index in [9.17, 15) is 9.59 Å². The molecular formula is C18H15Cl2NO2. The van der Waals surface area contributed by atoms with Crippen LogP contribution in [-0.4, -0.2) is 11.8 Å². The maximum absolute atomic E-state index is 12.7. The van der Waals surface area contributed by atoms with E-state index >= 15 is 0 Å². The zero-order chi connectivity index (χ0) is 16.6. The summed E-state index contributed by atoms with van der Waals surface area (Å²) in [7, 11) is 0. The lowest BCUT2D eigenvalue weighted by molar-refractivity contribution is -0.122. The largest absolute Gasteiger partial charge is 0.274 e. The first kappa shape index (κ1) is 16.0. The predicted octanol–water partition coefficient (Wildman–Crippen LogP) is 4.42. The van der Waals surface area contributed by atoms with Crippen LogP contribution in [-0.2, 0) is 16.0 Å². The van der Waals surface area contributed by atoms with Crippen LogP contribution in [0.15, 0.2) is 42.5 Å². The number of benzene rings is 2. The number of carbonyl (C=O) groups excluding carboxylic acids is 2. The first-order valence-corrected chi connectivity index (χ1v) is 8.09. The lowest BCUT2D eigenvalue weighted by Crippen LogP contribution is -2.31. The number of hydrogen-bond acceptors (Lipinski definition) is 2. The van der Waals surface area contributed by atoms with Crippen molar-refractivity contribution >= 4 is 40.7 Å². The number of amides is 2. The molecule has 1 aliphatic rings. The number of halogens is 2. The number of nitrogens with zero attached hydrogens (tertiary/aromatic N) is 1. The number of hydrogen-bond donors (Lipinski definition) is 0. The molecule has 2 amide bonds. The number of anilines is 1. The molecule has 0 saturated carbocycles. The number of aryl methyl sites for hydroxylation is 1. The van der Waals surface area contributed by atoms with Crippen molar-refractivity contribution in [1.29, 1.82) is 0 Å². The van der Waals surface area contributed by atoms with Gasteiger partial charge in [0.2, 0.25) is 11.8 Å². The Hall–Kier alpha value is -1.84. The van der Waals surface area contributed by atoms with Crippen LogP contribution in [0.2, 0.25) is 10.0 Å². The summed E-state index contributed by atoms with van der Waals surface area (Å²) < 4.78 is 0. The van der Waals surface area contributed by atoms with Gasteiger partial charge in [0.1, 0.15) is 0 Å². The summed E-state index contributed by atoms with van der Waals surface area (Å²) in [6, 6.07) is 12.7. The van der Waals surface area contributed by atoms with Gasteiger partial charge in [-0.1, -0.05) is 47.5 Å². The molecule has 0 spiro atoms. The zero-order valence-electron chi connectivity index (χ0n) is 12.6. The molecule has 3 rings (SSSR count). The van der Waals surface area contributed by atoms with Crippen molar-refractivity contribution in [2.24, 2.45) is 5.92 Å². The zero-order valence-corrected chi connectivity index (χ0v) is 14.1. The number of imide groups is 1. The molecule has 0 radical (unpaired) electrons. The standard InChI is InChI=1S/C18H15Cl2NO2/c1-11-3-2-4-15(17(11)20)21-16(22)10-13(18(21)23)9-12-5-7-14(19)8-6-12/h2-8,13H,9-10H2,1H3. The first-order valence-electron chi connectivity index (χ1n) is 7.33. The smallest absolute Gasteiger partial charge is 0.237 e. The molecule has 2 aromatic carbocycles. The maximum atomic E-state index is 12.7. The average molecular weight is 348 g/mol. The minimum Gasteiger partial charge on any atom is -0.274 e. The van der Waals surface area contributed by atoms with E-state index < -0.39 is 0 Å². The second kappa shape index (κ2) is 6.34. The van der Waals surface area contributed by atoms with Gasteiger partial charge in [-0.3, -0.25) is 9.59 Å². The van der Waals surface area contributed by atoms with Crippen LogP contribution in [0.5, 0.6) is 0 Å². The molecule has 0 aliphatic carbocycles. The quantitative estimate of drug-likeness (QED) is 0.770. The van der Waals surface area contributed by atoms with Crippen LogP contribution >= 0.6 is 23.2 Å². The third kappa shape index (κ3) is 3.12. The summed E-state index contributed by atoms with van der Waals surface area (Å²) in [6.07, 6.45) is 0.716. The van der Waals surface area contributed by atoms with E-state index in [1.54, 1.807) is 24.3 Å². The Kier molecular flexibility index (Phi) is 4.42.